The molecule has 4 atom stereocenters. The van der Waals surface area contributed by atoms with E-state index in [1.165, 1.54) is 23.8 Å². The summed E-state index contributed by atoms with van der Waals surface area (Å²) >= 11 is 6.84. The van der Waals surface area contributed by atoms with E-state index < -0.39 is 58.0 Å². The van der Waals surface area contributed by atoms with Gasteiger partial charge in [-0.15, -0.1) is 0 Å². The Morgan fingerprint density at radius 3 is 2.44 bits per heavy atom. The van der Waals surface area contributed by atoms with Crippen LogP contribution in [0.5, 0.6) is 5.75 Å². The largest absolute Gasteiger partial charge is 0.508 e. The highest BCUT2D eigenvalue weighted by Gasteiger charge is 2.64. The van der Waals surface area contributed by atoms with Crippen molar-refractivity contribution in [1.29, 1.82) is 0 Å². The van der Waals surface area contributed by atoms with E-state index in [4.69, 9.17) is 17.3 Å². The van der Waals surface area contributed by atoms with E-state index in [1.54, 1.807) is 14.1 Å². The molecule has 0 aliphatic heterocycles. The summed E-state index contributed by atoms with van der Waals surface area (Å²) in [6, 6.07) is 0.349. The van der Waals surface area contributed by atoms with Gasteiger partial charge in [0, 0.05) is 28.6 Å². The third kappa shape index (κ3) is 3.61. The predicted molar refractivity (Wildman–Crippen MR) is 141 cm³/mol. The van der Waals surface area contributed by atoms with Gasteiger partial charge >= 0.3 is 0 Å². The number of rotatable bonds is 6. The zero-order chi connectivity index (χ0) is 28.2. The zero-order valence-electron chi connectivity index (χ0n) is 21.8. The Kier molecular flexibility index (Phi) is 5.76. The molecular weight excluding hydrogens is 526 g/mol. The number of carbonyl (C=O) groups excluding carboxylic acids is 3. The SMILES string of the molecule is CN(C)[C@@H]1C(=O)C(C(N)=O)=C(O)[C@@]2(O)C(=O)C3=C(O)c4c(O)cc(CNC5(C6CC6)CC5)c(Cl)c4C[C@H]3C[C@@H]12. The van der Waals surface area contributed by atoms with Crippen LogP contribution in [0.4, 0.5) is 0 Å². The second kappa shape index (κ2) is 8.54. The molecule has 1 aromatic carbocycles. The number of amides is 1. The van der Waals surface area contributed by atoms with E-state index >= 15 is 0 Å². The second-order valence-corrected chi connectivity index (χ2v) is 12.3. The van der Waals surface area contributed by atoms with Crippen molar-refractivity contribution in [2.24, 2.45) is 23.5 Å². The molecule has 3 fully saturated rings. The molecule has 11 heteroatoms. The number of likely N-dealkylation sites (N-methyl/N-ethyl adjacent to an activating group) is 1. The summed E-state index contributed by atoms with van der Waals surface area (Å²) < 4.78 is 0. The Morgan fingerprint density at radius 1 is 1.21 bits per heavy atom. The second-order valence-electron chi connectivity index (χ2n) is 12.0. The Labute approximate surface area is 230 Å². The number of nitrogens with zero attached hydrogens (tertiary/aromatic N) is 1. The van der Waals surface area contributed by atoms with Gasteiger partial charge in [0.05, 0.1) is 11.6 Å². The Balaban J connectivity index is 1.43. The first-order chi connectivity index (χ1) is 18.3. The van der Waals surface area contributed by atoms with E-state index in [2.05, 4.69) is 5.32 Å². The van der Waals surface area contributed by atoms with Crippen molar-refractivity contribution < 1.29 is 34.8 Å². The lowest BCUT2D eigenvalue weighted by atomic mass is 9.57. The fourth-order valence-electron chi connectivity index (χ4n) is 7.25. The Hall–Kier alpha value is -2.92. The number of hydrogen-bond acceptors (Lipinski definition) is 9. The molecule has 7 N–H and O–H groups in total. The number of aliphatic hydroxyl groups excluding tert-OH is 2. The minimum absolute atomic E-state index is 0.00312. The highest BCUT2D eigenvalue weighted by atomic mass is 35.5. The summed E-state index contributed by atoms with van der Waals surface area (Å²) in [6.07, 6.45) is 4.83. The van der Waals surface area contributed by atoms with Gasteiger partial charge in [0.2, 0.25) is 5.78 Å². The molecule has 0 heterocycles. The van der Waals surface area contributed by atoms with Gasteiger partial charge in [-0.1, -0.05) is 11.6 Å². The number of ketones is 2. The number of hydrogen-bond donors (Lipinski definition) is 6. The number of aromatic hydroxyl groups is 1. The van der Waals surface area contributed by atoms with Crippen molar-refractivity contribution >= 4 is 34.8 Å². The number of phenols is 1. The quantitative estimate of drug-likeness (QED) is 0.284. The van der Waals surface area contributed by atoms with Crippen molar-refractivity contribution in [3.8, 4) is 5.75 Å². The summed E-state index contributed by atoms with van der Waals surface area (Å²) in [7, 11) is 3.13. The number of aliphatic hydroxyl groups is 3. The van der Waals surface area contributed by atoms with Crippen LogP contribution in [0.1, 0.15) is 48.8 Å². The monoisotopic (exact) mass is 557 g/mol. The molecule has 39 heavy (non-hydrogen) atoms. The topological polar surface area (TPSA) is 173 Å². The molecule has 0 aromatic heterocycles. The fraction of sp³-hybridized carbons (Fsp3) is 0.536. The third-order valence-electron chi connectivity index (χ3n) is 9.51. The van der Waals surface area contributed by atoms with Crippen LogP contribution in [0, 0.1) is 17.8 Å². The number of Topliss-reactive ketones (excluding diaryl/α,β-unsaturated/α-hetero) is 2. The zero-order valence-corrected chi connectivity index (χ0v) is 22.5. The van der Waals surface area contributed by atoms with E-state index in [-0.39, 0.29) is 35.3 Å². The highest BCUT2D eigenvalue weighted by molar-refractivity contribution is 6.32. The molecule has 1 amide bonds. The first-order valence-electron chi connectivity index (χ1n) is 13.3. The molecule has 0 radical (unpaired) electrons. The number of benzene rings is 1. The molecule has 5 aliphatic rings. The molecule has 208 valence electrons. The van der Waals surface area contributed by atoms with Crippen molar-refractivity contribution in [3.63, 3.8) is 0 Å². The van der Waals surface area contributed by atoms with Crippen LogP contribution in [0.2, 0.25) is 5.02 Å². The average Bonchev–Trinajstić information content (AvgIpc) is 3.76. The van der Waals surface area contributed by atoms with E-state index in [1.807, 2.05) is 0 Å². The molecule has 0 bridgehead atoms. The van der Waals surface area contributed by atoms with Crippen molar-refractivity contribution in [2.75, 3.05) is 14.1 Å². The van der Waals surface area contributed by atoms with E-state index in [0.717, 1.165) is 12.8 Å². The minimum Gasteiger partial charge on any atom is -0.508 e. The molecule has 5 aliphatic carbocycles. The van der Waals surface area contributed by atoms with Gasteiger partial charge in [-0.2, -0.15) is 0 Å². The van der Waals surface area contributed by atoms with Crippen LogP contribution in [-0.2, 0) is 27.3 Å². The first-order valence-corrected chi connectivity index (χ1v) is 13.6. The number of halogens is 1. The van der Waals surface area contributed by atoms with E-state index in [0.29, 0.717) is 28.6 Å². The van der Waals surface area contributed by atoms with Crippen LogP contribution in [0.15, 0.2) is 23.0 Å². The number of fused-ring (bicyclic) bond motifs is 3. The Bertz CT molecular complexity index is 1410. The number of carbonyl (C=O) groups is 3. The van der Waals surface area contributed by atoms with Gasteiger partial charge in [-0.05, 0) is 81.6 Å². The highest BCUT2D eigenvalue weighted by Crippen LogP contribution is 2.55. The van der Waals surface area contributed by atoms with Crippen molar-refractivity contribution in [2.45, 2.75) is 62.3 Å². The maximum atomic E-state index is 13.9. The summed E-state index contributed by atoms with van der Waals surface area (Å²) in [5.74, 6) is -6.09. The van der Waals surface area contributed by atoms with Crippen LogP contribution < -0.4 is 11.1 Å². The van der Waals surface area contributed by atoms with E-state index in [9.17, 15) is 34.8 Å². The standard InChI is InChI=1S/C28H32ClN3O7/c1-32(2)21-15-8-11-7-14-18(16(33)9-12(20(14)29)10-31-27(5-6-27)13-3-4-13)22(34)17(11)24(36)28(15,39)25(37)19(23(21)35)26(30)38/h9,11,13,15,21,31,33-34,37,39H,3-8,10H2,1-2H3,(H2,30,38)/t11-,15-,21-,28-/m0/s1. The molecule has 6 rings (SSSR count). The normalized spacial score (nSPS) is 31.3. The molecular formula is C28H32ClN3O7. The fourth-order valence-corrected chi connectivity index (χ4v) is 7.54. The summed E-state index contributed by atoms with van der Waals surface area (Å²) in [4.78, 5) is 40.6. The van der Waals surface area contributed by atoms with Gasteiger partial charge in [0.15, 0.2) is 11.4 Å². The van der Waals surface area contributed by atoms with Gasteiger partial charge in [-0.3, -0.25) is 19.3 Å². The predicted octanol–water partition coefficient (Wildman–Crippen LogP) is 1.65. The number of nitrogens with two attached hydrogens (primary N) is 1. The lowest BCUT2D eigenvalue weighted by Gasteiger charge is -2.50. The Morgan fingerprint density at radius 2 is 1.87 bits per heavy atom. The van der Waals surface area contributed by atoms with Gasteiger partial charge < -0.3 is 31.5 Å². The van der Waals surface area contributed by atoms with Crippen LogP contribution >= 0.6 is 11.6 Å². The van der Waals surface area contributed by atoms with Crippen LogP contribution in [0.3, 0.4) is 0 Å². The number of primary amides is 1. The number of nitrogens with one attached hydrogen (secondary N) is 1. The van der Waals surface area contributed by atoms with Gasteiger partial charge in [0.1, 0.15) is 22.8 Å². The van der Waals surface area contributed by atoms with Crippen molar-refractivity contribution in [1.82, 2.24) is 10.2 Å². The average molecular weight is 558 g/mol. The minimum atomic E-state index is -2.66. The van der Waals surface area contributed by atoms with Crippen molar-refractivity contribution in [3.05, 3.63) is 44.7 Å². The summed E-state index contributed by atoms with van der Waals surface area (Å²) in [5, 5.41) is 48.8. The summed E-state index contributed by atoms with van der Waals surface area (Å²) in [6.45, 7) is 0.450. The maximum Gasteiger partial charge on any atom is 0.255 e. The maximum absolute atomic E-state index is 13.9. The molecule has 3 saturated carbocycles. The molecule has 1 aromatic rings. The lowest BCUT2D eigenvalue weighted by molar-refractivity contribution is -0.153. The van der Waals surface area contributed by atoms with Crippen LogP contribution in [-0.4, -0.2) is 74.1 Å². The third-order valence-corrected chi connectivity index (χ3v) is 9.98. The molecule has 0 spiro atoms. The summed E-state index contributed by atoms with van der Waals surface area (Å²) in [5.41, 5.74) is 2.97. The molecule has 0 unspecified atom stereocenters. The molecule has 10 nitrogen and oxygen atoms in total. The van der Waals surface area contributed by atoms with Gasteiger partial charge in [0.25, 0.3) is 5.91 Å². The van der Waals surface area contributed by atoms with Crippen LogP contribution in [0.25, 0.3) is 5.76 Å². The first kappa shape index (κ1) is 26.3. The van der Waals surface area contributed by atoms with Gasteiger partial charge in [-0.25, -0.2) is 0 Å². The lowest BCUT2D eigenvalue weighted by Crippen LogP contribution is -2.65. The number of phenolic OH excluding ortho intramolecular Hbond substituents is 1. The smallest absolute Gasteiger partial charge is 0.255 e. The molecule has 0 saturated heterocycles.